The summed E-state index contributed by atoms with van der Waals surface area (Å²) in [4.78, 5) is -0.549. The van der Waals surface area contributed by atoms with Gasteiger partial charge in [-0.05, 0) is 18.2 Å². The summed E-state index contributed by atoms with van der Waals surface area (Å²) < 4.78 is 57.8. The summed E-state index contributed by atoms with van der Waals surface area (Å²) in [5.74, 6) is 0. The maximum absolute atomic E-state index is 12.1. The van der Waals surface area contributed by atoms with Gasteiger partial charge in [0.15, 0.2) is 0 Å². The predicted molar refractivity (Wildman–Crippen MR) is 50.0 cm³/mol. The van der Waals surface area contributed by atoms with Crippen molar-refractivity contribution in [3.05, 3.63) is 29.8 Å². The van der Waals surface area contributed by atoms with Gasteiger partial charge in [0, 0.05) is 0 Å². The van der Waals surface area contributed by atoms with Crippen molar-refractivity contribution in [1.29, 1.82) is 0 Å². The Labute approximate surface area is 127 Å². The zero-order chi connectivity index (χ0) is 11.0. The molecule has 0 aliphatic heterocycles. The average Bonchev–Trinajstić information content (AvgIpc) is 2.01. The van der Waals surface area contributed by atoms with Crippen molar-refractivity contribution >= 4 is 61.4 Å². The summed E-state index contributed by atoms with van der Waals surface area (Å²) in [6.07, 6.45) is -4.57. The number of nitrogens with two attached hydrogens (primary N) is 1. The third kappa shape index (κ3) is 4.51. The van der Waals surface area contributed by atoms with Gasteiger partial charge in [-0.15, -0.1) is 0 Å². The molecule has 0 amide bonds. The van der Waals surface area contributed by atoms with Gasteiger partial charge in [-0.1, -0.05) is 6.07 Å². The summed E-state index contributed by atoms with van der Waals surface area (Å²) in [7, 11) is -4.09. The van der Waals surface area contributed by atoms with Crippen molar-refractivity contribution < 1.29 is 21.6 Å². The zero-order valence-electron chi connectivity index (χ0n) is 6.75. The van der Waals surface area contributed by atoms with E-state index in [2.05, 4.69) is 5.14 Å². The van der Waals surface area contributed by atoms with Gasteiger partial charge in [-0.2, -0.15) is 13.2 Å². The van der Waals surface area contributed by atoms with Gasteiger partial charge in [0.05, 0.1) is 10.5 Å². The molecule has 0 aliphatic rings. The summed E-state index contributed by atoms with van der Waals surface area (Å²) in [6, 6.07) is 3.26. The van der Waals surface area contributed by atoms with E-state index in [1.54, 1.807) is 0 Å². The number of primary sulfonamides is 1. The summed E-state index contributed by atoms with van der Waals surface area (Å²) in [5.41, 5.74) is -1.04. The van der Waals surface area contributed by atoms with E-state index in [-0.39, 0.29) is 51.4 Å². The number of sulfonamides is 1. The minimum absolute atomic E-state index is 0. The number of alkyl halides is 3. The van der Waals surface area contributed by atoms with Crippen molar-refractivity contribution in [2.75, 3.05) is 0 Å². The first-order valence-electron chi connectivity index (χ1n) is 3.41. The second-order valence-corrected chi connectivity index (χ2v) is 4.13. The first-order valence-corrected chi connectivity index (χ1v) is 4.96. The molecule has 0 aliphatic carbocycles. The molecule has 1 aromatic carbocycles. The Morgan fingerprint density at radius 2 is 1.73 bits per heavy atom. The van der Waals surface area contributed by atoms with Crippen LogP contribution in [-0.2, 0) is 16.2 Å². The Morgan fingerprint density at radius 3 is 2.13 bits per heavy atom. The maximum atomic E-state index is 12.1. The molecule has 0 spiro atoms. The molecular formula is C7H7F3KNO2S. The molecule has 1 aromatic rings. The van der Waals surface area contributed by atoms with E-state index < -0.39 is 26.7 Å². The standard InChI is InChI=1S/C7H6F3NO2S.K.H/c8-7(9,10)5-2-1-3-6(4-5)14(11,12)13;;/h1-4H,(H2,11,12,13);;. The third-order valence-corrected chi connectivity index (χ3v) is 2.40. The second kappa shape index (κ2) is 5.26. The molecular weight excluding hydrogens is 258 g/mol. The Hall–Kier alpha value is 0.556. The minimum atomic E-state index is -4.57. The molecule has 0 heterocycles. The van der Waals surface area contributed by atoms with Crippen LogP contribution in [0, 0.1) is 0 Å². The fourth-order valence-electron chi connectivity index (χ4n) is 0.849. The quantitative estimate of drug-likeness (QED) is 0.760. The second-order valence-electron chi connectivity index (χ2n) is 2.57. The molecule has 15 heavy (non-hydrogen) atoms. The molecule has 0 fully saturated rings. The SMILES string of the molecule is NS(=O)(=O)c1cccc(C(F)(F)F)c1.[KH]. The van der Waals surface area contributed by atoms with E-state index in [1.807, 2.05) is 0 Å². The van der Waals surface area contributed by atoms with Crippen LogP contribution in [0.4, 0.5) is 13.2 Å². The topological polar surface area (TPSA) is 60.2 Å². The molecule has 8 heteroatoms. The fourth-order valence-corrected chi connectivity index (χ4v) is 1.41. The van der Waals surface area contributed by atoms with Crippen LogP contribution in [0.2, 0.25) is 0 Å². The van der Waals surface area contributed by atoms with Crippen LogP contribution < -0.4 is 5.14 Å². The van der Waals surface area contributed by atoms with Crippen molar-refractivity contribution in [1.82, 2.24) is 0 Å². The molecule has 0 atom stereocenters. The number of benzene rings is 1. The first kappa shape index (κ1) is 15.6. The van der Waals surface area contributed by atoms with Crippen molar-refractivity contribution in [3.8, 4) is 0 Å². The molecule has 3 nitrogen and oxygen atoms in total. The molecule has 0 radical (unpaired) electrons. The van der Waals surface area contributed by atoms with E-state index >= 15 is 0 Å². The van der Waals surface area contributed by atoms with Crippen LogP contribution in [0.25, 0.3) is 0 Å². The third-order valence-electron chi connectivity index (χ3n) is 1.49. The van der Waals surface area contributed by atoms with Gasteiger partial charge in [0.2, 0.25) is 10.0 Å². The Bertz CT molecular complexity index is 444. The van der Waals surface area contributed by atoms with Gasteiger partial charge in [-0.25, -0.2) is 13.6 Å². The molecule has 0 unspecified atom stereocenters. The summed E-state index contributed by atoms with van der Waals surface area (Å²) >= 11 is 0. The van der Waals surface area contributed by atoms with E-state index in [0.717, 1.165) is 18.2 Å². The molecule has 0 saturated carbocycles. The number of hydrogen-bond acceptors (Lipinski definition) is 2. The van der Waals surface area contributed by atoms with Crippen molar-refractivity contribution in [3.63, 3.8) is 0 Å². The monoisotopic (exact) mass is 265 g/mol. The number of hydrogen-bond donors (Lipinski definition) is 1. The van der Waals surface area contributed by atoms with Gasteiger partial charge >= 0.3 is 57.6 Å². The van der Waals surface area contributed by atoms with Crippen LogP contribution in [0.5, 0.6) is 0 Å². The average molecular weight is 265 g/mol. The fraction of sp³-hybridized carbons (Fsp3) is 0.143. The number of halogens is 3. The molecule has 2 N–H and O–H groups in total. The van der Waals surface area contributed by atoms with E-state index in [0.29, 0.717) is 6.07 Å². The van der Waals surface area contributed by atoms with Gasteiger partial charge in [0.1, 0.15) is 0 Å². The molecule has 80 valence electrons. The molecule has 1 rings (SSSR count). The summed E-state index contributed by atoms with van der Waals surface area (Å²) in [6.45, 7) is 0. The molecule has 0 saturated heterocycles. The van der Waals surface area contributed by atoms with Crippen LogP contribution in [-0.4, -0.2) is 59.8 Å². The van der Waals surface area contributed by atoms with Gasteiger partial charge in [-0.3, -0.25) is 0 Å². The predicted octanol–water partition coefficient (Wildman–Crippen LogP) is 0.704. The van der Waals surface area contributed by atoms with Crippen molar-refractivity contribution in [2.24, 2.45) is 5.14 Å². The number of rotatable bonds is 1. The van der Waals surface area contributed by atoms with Crippen LogP contribution in [0.15, 0.2) is 29.2 Å². The first-order chi connectivity index (χ1) is 6.21. The van der Waals surface area contributed by atoms with Crippen LogP contribution >= 0.6 is 0 Å². The van der Waals surface area contributed by atoms with Gasteiger partial charge in [0.25, 0.3) is 0 Å². The molecule has 0 bridgehead atoms. The van der Waals surface area contributed by atoms with Crippen LogP contribution in [0.1, 0.15) is 5.56 Å². The zero-order valence-corrected chi connectivity index (χ0v) is 7.56. The van der Waals surface area contributed by atoms with Gasteiger partial charge < -0.3 is 0 Å². The van der Waals surface area contributed by atoms with E-state index in [4.69, 9.17) is 0 Å². The van der Waals surface area contributed by atoms with Crippen LogP contribution in [0.3, 0.4) is 0 Å². The Morgan fingerprint density at radius 1 is 1.20 bits per heavy atom. The Kier molecular flexibility index (Phi) is 5.45. The van der Waals surface area contributed by atoms with E-state index in [1.165, 1.54) is 0 Å². The Balaban J connectivity index is 0.00000196. The molecule has 0 aromatic heterocycles. The summed E-state index contributed by atoms with van der Waals surface area (Å²) in [5, 5.41) is 4.67. The normalized spacial score (nSPS) is 12.0. The van der Waals surface area contributed by atoms with Crippen molar-refractivity contribution in [2.45, 2.75) is 11.1 Å². The van der Waals surface area contributed by atoms with E-state index in [9.17, 15) is 21.6 Å².